The number of likely N-dealkylation sites (tertiary alicyclic amines) is 1. The van der Waals surface area contributed by atoms with Gasteiger partial charge in [0.25, 0.3) is 0 Å². The fraction of sp³-hybridized carbons (Fsp3) is 0.944. The maximum absolute atomic E-state index is 12.5. The smallest absolute Gasteiger partial charge is 0.410 e. The van der Waals surface area contributed by atoms with Gasteiger partial charge in [0.1, 0.15) is 5.60 Å². The van der Waals surface area contributed by atoms with E-state index in [2.05, 4.69) is 6.92 Å². The minimum absolute atomic E-state index is 0.0720. The molecule has 1 heterocycles. The molecule has 1 fully saturated rings. The third-order valence-corrected chi connectivity index (χ3v) is 4.52. The molecule has 130 valence electrons. The zero-order valence-corrected chi connectivity index (χ0v) is 15.5. The van der Waals surface area contributed by atoms with Crippen LogP contribution in [0.15, 0.2) is 0 Å². The van der Waals surface area contributed by atoms with Crippen molar-refractivity contribution in [2.45, 2.75) is 91.9 Å². The van der Waals surface area contributed by atoms with Crippen LogP contribution in [0.3, 0.4) is 0 Å². The van der Waals surface area contributed by atoms with Gasteiger partial charge < -0.3 is 14.7 Å². The zero-order chi connectivity index (χ0) is 17.1. The Balaban J connectivity index is 2.81. The Morgan fingerprint density at radius 2 is 1.86 bits per heavy atom. The lowest BCUT2D eigenvalue weighted by molar-refractivity contribution is -0.0171. The molecule has 3 unspecified atom stereocenters. The molecule has 1 N–H and O–H groups in total. The van der Waals surface area contributed by atoms with Gasteiger partial charge in [-0.05, 0) is 51.4 Å². The van der Waals surface area contributed by atoms with Gasteiger partial charge in [-0.2, -0.15) is 0 Å². The van der Waals surface area contributed by atoms with E-state index in [0.29, 0.717) is 12.3 Å². The van der Waals surface area contributed by atoms with E-state index in [-0.39, 0.29) is 17.6 Å². The Bertz CT molecular complexity index is 368. The Morgan fingerprint density at radius 3 is 2.32 bits per heavy atom. The molecule has 0 aromatic heterocycles. The fourth-order valence-electron chi connectivity index (χ4n) is 2.90. The molecule has 1 aliphatic heterocycles. The number of ether oxygens (including phenoxy) is 1. The Morgan fingerprint density at radius 1 is 1.27 bits per heavy atom. The van der Waals surface area contributed by atoms with Gasteiger partial charge in [0, 0.05) is 12.6 Å². The monoisotopic (exact) mass is 313 g/mol. The molecule has 0 aromatic rings. The SMILES string of the molecule is CCC1CCN(C(=O)OC(C)(C)C)C(CC(O)C(C)(C)C)C1. The van der Waals surface area contributed by atoms with Crippen LogP contribution in [0.25, 0.3) is 0 Å². The van der Waals surface area contributed by atoms with Crippen molar-refractivity contribution < 1.29 is 14.6 Å². The molecule has 0 aliphatic carbocycles. The number of hydrogen-bond donors (Lipinski definition) is 1. The Labute approximate surface area is 136 Å². The predicted molar refractivity (Wildman–Crippen MR) is 89.8 cm³/mol. The summed E-state index contributed by atoms with van der Waals surface area (Å²) >= 11 is 0. The van der Waals surface area contributed by atoms with Gasteiger partial charge in [-0.3, -0.25) is 0 Å². The number of piperidine rings is 1. The number of aliphatic hydroxyl groups excluding tert-OH is 1. The van der Waals surface area contributed by atoms with Gasteiger partial charge in [0.15, 0.2) is 0 Å². The average molecular weight is 313 g/mol. The standard InChI is InChI=1S/C18H35NO3/c1-8-13-9-10-19(16(21)22-18(5,6)7)14(11-13)12-15(20)17(2,3)4/h13-15,20H,8-12H2,1-7H3. The predicted octanol–water partition coefficient (Wildman–Crippen LogP) is 4.21. The van der Waals surface area contributed by atoms with Crippen LogP contribution in [-0.4, -0.2) is 40.4 Å². The van der Waals surface area contributed by atoms with Crippen LogP contribution in [0.5, 0.6) is 0 Å². The van der Waals surface area contributed by atoms with E-state index >= 15 is 0 Å². The molecule has 0 aromatic carbocycles. The van der Waals surface area contributed by atoms with Crippen LogP contribution in [0, 0.1) is 11.3 Å². The van der Waals surface area contributed by atoms with Gasteiger partial charge in [-0.25, -0.2) is 4.79 Å². The third kappa shape index (κ3) is 5.79. The molecule has 3 atom stereocenters. The summed E-state index contributed by atoms with van der Waals surface area (Å²) in [6, 6.07) is 0.0720. The van der Waals surface area contributed by atoms with E-state index in [1.165, 1.54) is 0 Å². The third-order valence-electron chi connectivity index (χ3n) is 4.52. The van der Waals surface area contributed by atoms with Gasteiger partial charge in [0.05, 0.1) is 6.10 Å². The van der Waals surface area contributed by atoms with Crippen molar-refractivity contribution in [3.05, 3.63) is 0 Å². The van der Waals surface area contributed by atoms with Crippen molar-refractivity contribution in [1.82, 2.24) is 4.90 Å². The first-order valence-electron chi connectivity index (χ1n) is 8.61. The molecule has 1 rings (SSSR count). The molecule has 0 saturated carbocycles. The molecule has 0 bridgehead atoms. The van der Waals surface area contributed by atoms with Crippen molar-refractivity contribution in [3.63, 3.8) is 0 Å². The van der Waals surface area contributed by atoms with Gasteiger partial charge in [-0.1, -0.05) is 34.1 Å². The quantitative estimate of drug-likeness (QED) is 0.849. The Hall–Kier alpha value is -0.770. The van der Waals surface area contributed by atoms with Gasteiger partial charge >= 0.3 is 6.09 Å². The van der Waals surface area contributed by atoms with E-state index in [1.807, 2.05) is 46.4 Å². The second-order valence-corrected chi connectivity index (χ2v) is 8.74. The van der Waals surface area contributed by atoms with Crippen LogP contribution in [0.4, 0.5) is 4.79 Å². The summed E-state index contributed by atoms with van der Waals surface area (Å²) in [5.74, 6) is 0.635. The van der Waals surface area contributed by atoms with E-state index in [9.17, 15) is 9.90 Å². The maximum Gasteiger partial charge on any atom is 0.410 e. The lowest BCUT2D eigenvalue weighted by Gasteiger charge is -2.42. The summed E-state index contributed by atoms with van der Waals surface area (Å²) in [5.41, 5.74) is -0.648. The molecule has 22 heavy (non-hydrogen) atoms. The van der Waals surface area contributed by atoms with E-state index in [1.54, 1.807) is 0 Å². The topological polar surface area (TPSA) is 49.8 Å². The minimum atomic E-state index is -0.480. The summed E-state index contributed by atoms with van der Waals surface area (Å²) in [5, 5.41) is 10.5. The molecule has 4 nitrogen and oxygen atoms in total. The molecule has 1 saturated heterocycles. The van der Waals surface area contributed by atoms with Crippen molar-refractivity contribution >= 4 is 6.09 Å². The molecule has 1 aliphatic rings. The second-order valence-electron chi connectivity index (χ2n) is 8.74. The summed E-state index contributed by atoms with van der Waals surface area (Å²) in [6.45, 7) is 14.7. The maximum atomic E-state index is 12.5. The number of carbonyl (C=O) groups excluding carboxylic acids is 1. The average Bonchev–Trinajstić information content (AvgIpc) is 2.35. The van der Waals surface area contributed by atoms with Crippen molar-refractivity contribution in [2.75, 3.05) is 6.54 Å². The van der Waals surface area contributed by atoms with Crippen molar-refractivity contribution in [3.8, 4) is 0 Å². The molecule has 0 spiro atoms. The van der Waals surface area contributed by atoms with Crippen LogP contribution >= 0.6 is 0 Å². The van der Waals surface area contributed by atoms with Crippen LogP contribution in [0.2, 0.25) is 0 Å². The zero-order valence-electron chi connectivity index (χ0n) is 15.5. The highest BCUT2D eigenvalue weighted by Gasteiger charge is 2.36. The van der Waals surface area contributed by atoms with E-state index < -0.39 is 11.7 Å². The Kier molecular flexibility index (Phi) is 6.31. The number of aliphatic hydroxyl groups is 1. The van der Waals surface area contributed by atoms with E-state index in [4.69, 9.17) is 4.74 Å². The molecule has 4 heteroatoms. The van der Waals surface area contributed by atoms with E-state index in [0.717, 1.165) is 25.8 Å². The van der Waals surface area contributed by atoms with Crippen molar-refractivity contribution in [2.24, 2.45) is 11.3 Å². The first-order chi connectivity index (χ1) is 9.94. The molecule has 1 amide bonds. The van der Waals surface area contributed by atoms with Gasteiger partial charge in [-0.15, -0.1) is 0 Å². The highest BCUT2D eigenvalue weighted by atomic mass is 16.6. The van der Waals surface area contributed by atoms with Crippen LogP contribution in [-0.2, 0) is 4.74 Å². The summed E-state index contributed by atoms with van der Waals surface area (Å²) in [4.78, 5) is 14.3. The largest absolute Gasteiger partial charge is 0.444 e. The highest BCUT2D eigenvalue weighted by molar-refractivity contribution is 5.68. The highest BCUT2D eigenvalue weighted by Crippen LogP contribution is 2.32. The second kappa shape index (κ2) is 7.20. The first kappa shape index (κ1) is 19.3. The molecular formula is C18H35NO3. The normalized spacial score (nSPS) is 25.0. The number of rotatable bonds is 3. The van der Waals surface area contributed by atoms with Gasteiger partial charge in [0.2, 0.25) is 0 Å². The van der Waals surface area contributed by atoms with Crippen molar-refractivity contribution in [1.29, 1.82) is 0 Å². The number of amides is 1. The fourth-order valence-corrected chi connectivity index (χ4v) is 2.90. The van der Waals surface area contributed by atoms with Crippen LogP contribution in [0.1, 0.15) is 74.1 Å². The summed E-state index contributed by atoms with van der Waals surface area (Å²) in [6.07, 6.45) is 3.08. The number of nitrogens with zero attached hydrogens (tertiary/aromatic N) is 1. The van der Waals surface area contributed by atoms with Crippen LogP contribution < -0.4 is 0 Å². The number of carbonyl (C=O) groups is 1. The summed E-state index contributed by atoms with van der Waals surface area (Å²) < 4.78 is 5.55. The molecule has 0 radical (unpaired) electrons. The molecular weight excluding hydrogens is 278 g/mol. The number of hydrogen-bond acceptors (Lipinski definition) is 3. The minimum Gasteiger partial charge on any atom is -0.444 e. The lowest BCUT2D eigenvalue weighted by atomic mass is 9.80. The first-order valence-corrected chi connectivity index (χ1v) is 8.61. The lowest BCUT2D eigenvalue weighted by Crippen LogP contribution is -2.50. The summed E-state index contributed by atoms with van der Waals surface area (Å²) in [7, 11) is 0.